The van der Waals surface area contributed by atoms with E-state index in [0.717, 1.165) is 16.7 Å². The van der Waals surface area contributed by atoms with Gasteiger partial charge in [-0.1, -0.05) is 62.0 Å². The summed E-state index contributed by atoms with van der Waals surface area (Å²) in [5.41, 5.74) is 1.37. The molecular formula is C27H39NO7. The molecule has 194 valence electrons. The van der Waals surface area contributed by atoms with Crippen LogP contribution in [0.5, 0.6) is 0 Å². The smallest absolute Gasteiger partial charge is 0.307 e. The Bertz CT molecular complexity index is 925. The Balaban J connectivity index is 2.84. The number of rotatable bonds is 12. The summed E-state index contributed by atoms with van der Waals surface area (Å²) in [6.07, 6.45) is 8.42. The van der Waals surface area contributed by atoms with E-state index in [1.165, 1.54) is 0 Å². The largest absolute Gasteiger partial charge is 0.454 e. The van der Waals surface area contributed by atoms with Crippen LogP contribution in [0.2, 0.25) is 0 Å². The second-order valence-electron chi connectivity index (χ2n) is 9.72. The topological polar surface area (TPSA) is 133 Å². The van der Waals surface area contributed by atoms with E-state index in [-0.39, 0.29) is 18.6 Å². The molecule has 0 aromatic rings. The fraction of sp³-hybridized carbons (Fsp3) is 0.519. The van der Waals surface area contributed by atoms with E-state index in [4.69, 9.17) is 4.74 Å². The number of carbonyl (C=O) groups is 3. The minimum absolute atomic E-state index is 0.273. The Labute approximate surface area is 207 Å². The van der Waals surface area contributed by atoms with Gasteiger partial charge in [-0.3, -0.25) is 14.4 Å². The van der Waals surface area contributed by atoms with Crippen LogP contribution in [0.15, 0.2) is 59.3 Å². The summed E-state index contributed by atoms with van der Waals surface area (Å²) in [4.78, 5) is 37.3. The molecule has 0 spiro atoms. The predicted octanol–water partition coefficient (Wildman–Crippen LogP) is 2.46. The van der Waals surface area contributed by atoms with Crippen LogP contribution in [0, 0.1) is 5.41 Å². The lowest BCUT2D eigenvalue weighted by Crippen LogP contribution is -2.57. The molecular weight excluding hydrogens is 450 g/mol. The molecule has 0 aromatic carbocycles. The molecule has 1 aliphatic carbocycles. The van der Waals surface area contributed by atoms with Gasteiger partial charge >= 0.3 is 5.97 Å². The Kier molecular flexibility index (Phi) is 11.5. The zero-order chi connectivity index (χ0) is 26.8. The first kappa shape index (κ1) is 30.2. The molecule has 8 nitrogen and oxygen atoms in total. The Morgan fingerprint density at radius 1 is 1.14 bits per heavy atom. The average Bonchev–Trinajstić information content (AvgIpc) is 2.79. The van der Waals surface area contributed by atoms with Crippen molar-refractivity contribution in [1.82, 2.24) is 5.32 Å². The van der Waals surface area contributed by atoms with Gasteiger partial charge in [0, 0.05) is 12.8 Å². The summed E-state index contributed by atoms with van der Waals surface area (Å²) in [6.45, 7) is 11.4. The number of amides is 1. The van der Waals surface area contributed by atoms with Crippen LogP contribution >= 0.6 is 0 Å². The molecule has 0 fully saturated rings. The first-order chi connectivity index (χ1) is 16.3. The van der Waals surface area contributed by atoms with Crippen molar-refractivity contribution in [2.75, 3.05) is 19.8 Å². The van der Waals surface area contributed by atoms with Crippen LogP contribution in [0.1, 0.15) is 53.9 Å². The van der Waals surface area contributed by atoms with Gasteiger partial charge in [0.15, 0.2) is 11.9 Å². The summed E-state index contributed by atoms with van der Waals surface area (Å²) in [5.74, 6) is -1.61. The first-order valence-corrected chi connectivity index (χ1v) is 11.6. The van der Waals surface area contributed by atoms with Crippen LogP contribution < -0.4 is 5.32 Å². The lowest BCUT2D eigenvalue weighted by Gasteiger charge is -2.36. The van der Waals surface area contributed by atoms with Crippen LogP contribution in [0.4, 0.5) is 0 Å². The molecule has 0 saturated heterocycles. The molecule has 4 N–H and O–H groups in total. The van der Waals surface area contributed by atoms with Crippen LogP contribution in [-0.2, 0) is 19.1 Å². The lowest BCUT2D eigenvalue weighted by atomic mass is 9.71. The van der Waals surface area contributed by atoms with E-state index >= 15 is 0 Å². The Morgan fingerprint density at radius 2 is 1.74 bits per heavy atom. The number of ketones is 1. The third kappa shape index (κ3) is 9.05. The van der Waals surface area contributed by atoms with Crippen molar-refractivity contribution in [2.24, 2.45) is 5.41 Å². The van der Waals surface area contributed by atoms with Crippen molar-refractivity contribution in [2.45, 2.75) is 65.5 Å². The number of esters is 1. The van der Waals surface area contributed by atoms with Gasteiger partial charge < -0.3 is 25.4 Å². The summed E-state index contributed by atoms with van der Waals surface area (Å²) >= 11 is 0. The van der Waals surface area contributed by atoms with Gasteiger partial charge in [-0.2, -0.15) is 0 Å². The molecule has 0 saturated carbocycles. The van der Waals surface area contributed by atoms with Gasteiger partial charge in [-0.05, 0) is 37.3 Å². The number of Topliss-reactive ketones (excluding diaryl/α,β-unsaturated/α-hetero) is 1. The van der Waals surface area contributed by atoms with Gasteiger partial charge in [0.2, 0.25) is 5.91 Å². The van der Waals surface area contributed by atoms with E-state index in [0.29, 0.717) is 12.0 Å². The van der Waals surface area contributed by atoms with Crippen molar-refractivity contribution in [3.8, 4) is 0 Å². The number of aliphatic hydroxyl groups excluding tert-OH is 3. The van der Waals surface area contributed by atoms with Gasteiger partial charge in [0.1, 0.15) is 5.54 Å². The van der Waals surface area contributed by atoms with Crippen molar-refractivity contribution in [1.29, 1.82) is 0 Å². The highest BCUT2D eigenvalue weighted by molar-refractivity contribution is 6.01. The third-order valence-corrected chi connectivity index (χ3v) is 5.89. The molecule has 1 rings (SSSR count). The predicted molar refractivity (Wildman–Crippen MR) is 134 cm³/mol. The summed E-state index contributed by atoms with van der Waals surface area (Å²) < 4.78 is 5.41. The number of aliphatic hydroxyl groups is 3. The minimum atomic E-state index is -1.56. The molecule has 1 atom stereocenters. The van der Waals surface area contributed by atoms with Gasteiger partial charge in [0.25, 0.3) is 0 Å². The van der Waals surface area contributed by atoms with Crippen LogP contribution in [0.3, 0.4) is 0 Å². The summed E-state index contributed by atoms with van der Waals surface area (Å²) in [7, 11) is 0. The minimum Gasteiger partial charge on any atom is -0.454 e. The quantitative estimate of drug-likeness (QED) is 0.244. The highest BCUT2D eigenvalue weighted by atomic mass is 16.5. The first-order valence-electron chi connectivity index (χ1n) is 11.6. The standard InChI is InChI=1S/C27H39NO7/c1-18(2)8-7-9-19(3)10-11-21-20(4)25(34)22(14-26(21,5)6)35-24(33)13-12-23(32)28-27(15-29,16-30)17-31/h7-11,22,29-31H,1,12-17H2,2-6H3,(H,28,32)/b8-7+,11-10+,19-9+. The highest BCUT2D eigenvalue weighted by Gasteiger charge is 2.40. The van der Waals surface area contributed by atoms with Crippen molar-refractivity contribution < 1.29 is 34.4 Å². The number of allylic oxidation sites excluding steroid dienone is 8. The second-order valence-corrected chi connectivity index (χ2v) is 9.72. The molecule has 0 bridgehead atoms. The maximum absolute atomic E-state index is 12.9. The number of hydrogen-bond acceptors (Lipinski definition) is 7. The normalized spacial score (nSPS) is 18.9. The van der Waals surface area contributed by atoms with Crippen LogP contribution in [-0.4, -0.2) is 64.4 Å². The van der Waals surface area contributed by atoms with Gasteiger partial charge in [-0.25, -0.2) is 0 Å². The fourth-order valence-electron chi connectivity index (χ4n) is 3.69. The van der Waals surface area contributed by atoms with E-state index in [1.807, 2.05) is 58.1 Å². The molecule has 0 aliphatic heterocycles. The van der Waals surface area contributed by atoms with E-state index in [2.05, 4.69) is 11.9 Å². The molecule has 1 amide bonds. The van der Waals surface area contributed by atoms with Gasteiger partial charge in [-0.15, -0.1) is 0 Å². The molecule has 1 unspecified atom stereocenters. The summed E-state index contributed by atoms with van der Waals surface area (Å²) in [5, 5.41) is 30.2. The number of carbonyl (C=O) groups excluding carboxylic acids is 3. The molecule has 8 heteroatoms. The zero-order valence-electron chi connectivity index (χ0n) is 21.4. The fourth-order valence-corrected chi connectivity index (χ4v) is 3.69. The number of nitrogens with one attached hydrogen (secondary N) is 1. The maximum atomic E-state index is 12.9. The van der Waals surface area contributed by atoms with Crippen molar-refractivity contribution in [3.63, 3.8) is 0 Å². The molecule has 35 heavy (non-hydrogen) atoms. The van der Waals surface area contributed by atoms with Crippen molar-refractivity contribution >= 4 is 17.7 Å². The molecule has 0 heterocycles. The molecule has 1 aliphatic rings. The monoisotopic (exact) mass is 489 g/mol. The van der Waals surface area contributed by atoms with E-state index in [9.17, 15) is 29.7 Å². The van der Waals surface area contributed by atoms with Gasteiger partial charge in [0.05, 0.1) is 26.2 Å². The SMILES string of the molecule is C=C(C)/C=C/C=C(C)/C=C/C1=C(C)C(=O)C(OC(=O)CCC(=O)NC(CO)(CO)CO)CC1(C)C. The highest BCUT2D eigenvalue weighted by Crippen LogP contribution is 2.40. The van der Waals surface area contributed by atoms with E-state index in [1.54, 1.807) is 6.92 Å². The maximum Gasteiger partial charge on any atom is 0.307 e. The number of hydrogen-bond donors (Lipinski definition) is 4. The Morgan fingerprint density at radius 3 is 2.29 bits per heavy atom. The number of ether oxygens (including phenoxy) is 1. The summed E-state index contributed by atoms with van der Waals surface area (Å²) in [6, 6.07) is 0. The zero-order valence-corrected chi connectivity index (χ0v) is 21.4. The van der Waals surface area contributed by atoms with Crippen LogP contribution in [0.25, 0.3) is 0 Å². The third-order valence-electron chi connectivity index (χ3n) is 5.89. The average molecular weight is 490 g/mol. The van der Waals surface area contributed by atoms with Crippen molar-refractivity contribution in [3.05, 3.63) is 59.3 Å². The van der Waals surface area contributed by atoms with E-state index < -0.39 is 48.8 Å². The molecule has 0 aromatic heterocycles. The lowest BCUT2D eigenvalue weighted by molar-refractivity contribution is -0.156. The molecule has 0 radical (unpaired) electrons. The Hall–Kier alpha value is -2.81. The second kappa shape index (κ2) is 13.3.